The minimum absolute atomic E-state index is 0. The van der Waals surface area contributed by atoms with Crippen LogP contribution in [0.5, 0.6) is 0 Å². The largest absolute Gasteiger partial charge is 1.00 e. The van der Waals surface area contributed by atoms with Crippen LogP contribution >= 0.6 is 0 Å². The molecule has 0 bridgehead atoms. The van der Waals surface area contributed by atoms with E-state index in [4.69, 9.17) is 0 Å². The predicted molar refractivity (Wildman–Crippen MR) is 259 cm³/mol. The molecular formula is C60H63Cl2Zr. The summed E-state index contributed by atoms with van der Waals surface area (Å²) < 4.78 is 0.291. The third kappa shape index (κ3) is 9.42. The molecule has 3 heteroatoms. The fourth-order valence-corrected chi connectivity index (χ4v) is 11.3. The van der Waals surface area contributed by atoms with Crippen molar-refractivity contribution in [3.05, 3.63) is 204 Å². The minimum Gasteiger partial charge on any atom is -1.00 e. The van der Waals surface area contributed by atoms with Gasteiger partial charge in [0.25, 0.3) is 0 Å². The van der Waals surface area contributed by atoms with E-state index in [0.717, 1.165) is 6.42 Å². The fraction of sp³-hybridized carbons (Fsp3) is 0.300. The van der Waals surface area contributed by atoms with Crippen LogP contribution in [-0.4, -0.2) is 0 Å². The van der Waals surface area contributed by atoms with Gasteiger partial charge in [-0.3, -0.25) is 0 Å². The van der Waals surface area contributed by atoms with Gasteiger partial charge in [-0.25, -0.2) is 0 Å². The standard InChI is InChI=1S/C60H63.2ClH.Zr/c1-57(2,3)50-38-46-37-47-52(45-25-19-20-26-45)56(60(10,11)12)55(59(7,8)9)49(36-40-29-33-44(34-30-40)42-23-17-14-18-24-42)53(47)51(46)48(54(50)58(4,5)6)35-39-27-31-43(32-28-39)41-21-15-13-16-22-41;;;/h13-25,27-38H,26H2,1-12H3;2*1H;/q;;;+2/p-2. The van der Waals surface area contributed by atoms with E-state index in [1.807, 2.05) is 0 Å². The van der Waals surface area contributed by atoms with Crippen LogP contribution in [-0.2, 0) is 46.4 Å². The quantitative estimate of drug-likeness (QED) is 0.163. The van der Waals surface area contributed by atoms with Gasteiger partial charge in [-0.2, -0.15) is 0 Å². The first kappa shape index (κ1) is 48.5. The zero-order valence-corrected chi connectivity index (χ0v) is 43.4. The molecule has 8 rings (SSSR count). The zero-order chi connectivity index (χ0) is 43.6. The molecule has 1 atom stereocenters. The average molecular weight is 946 g/mol. The molecule has 0 heterocycles. The summed E-state index contributed by atoms with van der Waals surface area (Å²) in [4.78, 5) is 0. The fourth-order valence-electron chi connectivity index (χ4n) is 10.1. The molecule has 0 saturated carbocycles. The Kier molecular flexibility index (Phi) is 13.9. The molecule has 0 aliphatic heterocycles. The Morgan fingerprint density at radius 3 is 1.32 bits per heavy atom. The summed E-state index contributed by atoms with van der Waals surface area (Å²) in [7, 11) is 0. The van der Waals surface area contributed by atoms with Crippen molar-refractivity contribution in [3.8, 4) is 22.3 Å². The van der Waals surface area contributed by atoms with Gasteiger partial charge < -0.3 is 24.8 Å². The van der Waals surface area contributed by atoms with Crippen molar-refractivity contribution in [2.75, 3.05) is 0 Å². The molecule has 2 aliphatic carbocycles. The van der Waals surface area contributed by atoms with Crippen LogP contribution in [0.1, 0.15) is 143 Å². The normalized spacial score (nSPS) is 15.5. The smallest absolute Gasteiger partial charge is 1.00 e. The van der Waals surface area contributed by atoms with Gasteiger partial charge in [0.1, 0.15) is 0 Å². The summed E-state index contributed by atoms with van der Waals surface area (Å²) in [5, 5.41) is 5.66. The van der Waals surface area contributed by atoms with Crippen LogP contribution in [0, 0.1) is 10.4 Å². The first-order chi connectivity index (χ1) is 28.7. The maximum absolute atomic E-state index is 2.65. The second kappa shape index (κ2) is 18.1. The number of benzene rings is 6. The van der Waals surface area contributed by atoms with E-state index >= 15 is 0 Å². The van der Waals surface area contributed by atoms with Gasteiger partial charge >= 0.3 is 372 Å². The molecule has 0 spiro atoms. The topological polar surface area (TPSA) is 0 Å². The summed E-state index contributed by atoms with van der Waals surface area (Å²) in [6.07, 6.45) is 13.1. The summed E-state index contributed by atoms with van der Waals surface area (Å²) >= 11 is 1.53. The maximum Gasteiger partial charge on any atom is -1.00 e. The van der Waals surface area contributed by atoms with Crippen molar-refractivity contribution in [1.29, 1.82) is 0 Å². The van der Waals surface area contributed by atoms with Crippen molar-refractivity contribution in [2.45, 2.75) is 115 Å². The van der Waals surface area contributed by atoms with Crippen molar-refractivity contribution < 1.29 is 49.5 Å². The molecule has 0 nitrogen and oxygen atoms in total. The zero-order valence-electron chi connectivity index (χ0n) is 39.4. The Morgan fingerprint density at radius 2 is 0.921 bits per heavy atom. The summed E-state index contributed by atoms with van der Waals surface area (Å²) in [6.45, 7) is 29.2. The monoisotopic (exact) mass is 943 g/mol. The van der Waals surface area contributed by atoms with Crippen LogP contribution < -0.4 is 35.3 Å². The molecule has 2 aliphatic rings. The second-order valence-electron chi connectivity index (χ2n) is 21.5. The molecule has 321 valence electrons. The van der Waals surface area contributed by atoms with Gasteiger partial charge in [-0.15, -0.1) is 0 Å². The molecule has 0 N–H and O–H groups in total. The minimum atomic E-state index is -0.135. The SMILES string of the molecule is CC(C)(C)c1cc2c(c(=Cc3ccc(-c4ccccc4)cc3)c1C(C)(C)C)=c1c(c(C3=CC=CC3)c(C(C)(C)C)c(C(C)(C)C)c1=Cc1ccc(-c3ccccc3)cc1)[CH]2[Zr+2].[Cl-].[Cl-]. The molecule has 0 amide bonds. The van der Waals surface area contributed by atoms with Crippen molar-refractivity contribution in [3.63, 3.8) is 0 Å². The first-order valence-electron chi connectivity index (χ1n) is 22.3. The number of rotatable bonds is 5. The van der Waals surface area contributed by atoms with Crippen molar-refractivity contribution in [1.82, 2.24) is 0 Å². The second-order valence-corrected chi connectivity index (χ2v) is 22.9. The van der Waals surface area contributed by atoms with Gasteiger partial charge in [-0.05, 0) is 0 Å². The number of allylic oxidation sites excluding steroid dienone is 4. The van der Waals surface area contributed by atoms with Gasteiger partial charge in [0.05, 0.1) is 0 Å². The van der Waals surface area contributed by atoms with Gasteiger partial charge in [0.15, 0.2) is 0 Å². The van der Waals surface area contributed by atoms with E-state index in [2.05, 4.69) is 229 Å². The Morgan fingerprint density at radius 1 is 0.492 bits per heavy atom. The maximum atomic E-state index is 2.65. The molecular weight excluding hydrogens is 883 g/mol. The average Bonchev–Trinajstić information content (AvgIpc) is 3.84. The Hall–Kier alpha value is -4.00. The molecule has 0 saturated heterocycles. The third-order valence-corrected chi connectivity index (χ3v) is 14.1. The Labute approximate surface area is 405 Å². The van der Waals surface area contributed by atoms with Crippen molar-refractivity contribution >= 4 is 17.7 Å². The molecule has 1 unspecified atom stereocenters. The van der Waals surface area contributed by atoms with Gasteiger partial charge in [0.2, 0.25) is 0 Å². The number of halogens is 2. The number of fused-ring (bicyclic) bond motifs is 2. The molecule has 0 radical (unpaired) electrons. The van der Waals surface area contributed by atoms with E-state index in [9.17, 15) is 0 Å². The van der Waals surface area contributed by atoms with E-state index < -0.39 is 0 Å². The number of hydrogen-bond acceptors (Lipinski definition) is 0. The van der Waals surface area contributed by atoms with E-state index in [-0.39, 0.29) is 46.5 Å². The predicted octanol–water partition coefficient (Wildman–Crippen LogP) is 8.46. The molecule has 6 aromatic carbocycles. The first-order valence-corrected chi connectivity index (χ1v) is 23.7. The van der Waals surface area contributed by atoms with Crippen LogP contribution in [0.2, 0.25) is 0 Å². The summed E-state index contributed by atoms with van der Waals surface area (Å²) in [5.41, 5.74) is 19.0. The Bertz CT molecular complexity index is 2930. The Balaban J connectivity index is 0.00000330. The van der Waals surface area contributed by atoms with E-state index in [1.54, 1.807) is 0 Å². The summed E-state index contributed by atoms with van der Waals surface area (Å²) in [5.74, 6) is 0. The molecule has 63 heavy (non-hydrogen) atoms. The van der Waals surface area contributed by atoms with Gasteiger partial charge in [0, 0.05) is 0 Å². The van der Waals surface area contributed by atoms with Crippen LogP contribution in [0.25, 0.3) is 40.0 Å². The van der Waals surface area contributed by atoms with Crippen LogP contribution in [0.15, 0.2) is 133 Å². The van der Waals surface area contributed by atoms with E-state index in [0.29, 0.717) is 3.63 Å². The molecule has 0 fully saturated rings. The third-order valence-electron chi connectivity index (χ3n) is 12.6. The van der Waals surface area contributed by atoms with Crippen molar-refractivity contribution in [2.24, 2.45) is 0 Å². The summed E-state index contributed by atoms with van der Waals surface area (Å²) in [6, 6.07) is 42.7. The van der Waals surface area contributed by atoms with Gasteiger partial charge in [-0.1, -0.05) is 12.1 Å². The van der Waals surface area contributed by atoms with E-state index in [1.165, 1.54) is 123 Å². The van der Waals surface area contributed by atoms with Crippen LogP contribution in [0.3, 0.4) is 0 Å². The number of hydrogen-bond donors (Lipinski definition) is 0. The molecule has 6 aromatic rings. The van der Waals surface area contributed by atoms with Crippen LogP contribution in [0.4, 0.5) is 0 Å². The molecule has 0 aromatic heterocycles.